The van der Waals surface area contributed by atoms with Crippen LogP contribution in [0.5, 0.6) is 5.75 Å². The fourth-order valence-electron chi connectivity index (χ4n) is 2.89. The van der Waals surface area contributed by atoms with Crippen LogP contribution in [0.1, 0.15) is 25.6 Å². The van der Waals surface area contributed by atoms with Crippen LogP contribution < -0.4 is 15.4 Å². The number of nitrogens with zero attached hydrogens (tertiary/aromatic N) is 1. The van der Waals surface area contributed by atoms with Crippen LogP contribution in [0, 0.1) is 6.92 Å². The summed E-state index contributed by atoms with van der Waals surface area (Å²) in [6.45, 7) is 1.88. The van der Waals surface area contributed by atoms with Gasteiger partial charge in [-0.3, -0.25) is 14.7 Å². The van der Waals surface area contributed by atoms with E-state index in [0.717, 1.165) is 5.56 Å². The van der Waals surface area contributed by atoms with Gasteiger partial charge in [0.2, 0.25) is 0 Å². The average molecular weight is 406 g/mol. The lowest BCUT2D eigenvalue weighted by atomic mass is 10.1. The molecule has 8 heteroatoms. The Morgan fingerprint density at radius 2 is 1.79 bits per heavy atom. The largest absolute Gasteiger partial charge is 0.497 e. The van der Waals surface area contributed by atoms with Crippen LogP contribution in [-0.4, -0.2) is 29.1 Å². The smallest absolute Gasteiger partial charge is 0.265 e. The Balaban J connectivity index is 1.53. The highest BCUT2D eigenvalue weighted by Gasteiger charge is 2.17. The summed E-state index contributed by atoms with van der Waals surface area (Å²) >= 11 is 1.27. The van der Waals surface area contributed by atoms with Crippen LogP contribution in [0.3, 0.4) is 0 Å². The second kappa shape index (κ2) is 7.76. The van der Waals surface area contributed by atoms with Crippen molar-refractivity contribution >= 4 is 44.9 Å². The predicted molar refractivity (Wildman–Crippen MR) is 114 cm³/mol. The number of fused-ring (bicyclic) bond motifs is 1. The summed E-state index contributed by atoms with van der Waals surface area (Å²) in [5, 5.41) is 13.4. The maximum absolute atomic E-state index is 12.6. The Labute approximate surface area is 170 Å². The van der Waals surface area contributed by atoms with Gasteiger partial charge < -0.3 is 15.4 Å². The average Bonchev–Trinajstić information content (AvgIpc) is 3.31. The number of amides is 2. The number of hydrogen-bond donors (Lipinski definition) is 3. The number of thiophene rings is 1. The zero-order valence-electron chi connectivity index (χ0n) is 15.8. The Hall–Kier alpha value is -3.65. The minimum Gasteiger partial charge on any atom is -0.497 e. The molecule has 0 unspecified atom stereocenters. The van der Waals surface area contributed by atoms with Crippen molar-refractivity contribution in [1.82, 2.24) is 10.2 Å². The molecule has 0 aliphatic carbocycles. The van der Waals surface area contributed by atoms with E-state index in [1.54, 1.807) is 43.5 Å². The fraction of sp³-hybridized carbons (Fsp3) is 0.0952. The van der Waals surface area contributed by atoms with Crippen molar-refractivity contribution in [3.8, 4) is 5.75 Å². The molecule has 0 aliphatic rings. The van der Waals surface area contributed by atoms with E-state index in [1.165, 1.54) is 11.3 Å². The lowest BCUT2D eigenvalue weighted by Gasteiger charge is -2.05. The SMILES string of the molecule is COc1ccc(NC(=O)c2cc3c(NC(=O)c4ccccc4C)n[nH]c3s2)cc1. The van der Waals surface area contributed by atoms with Gasteiger partial charge in [-0.2, -0.15) is 5.10 Å². The molecule has 0 aliphatic heterocycles. The van der Waals surface area contributed by atoms with Gasteiger partial charge in [0.1, 0.15) is 10.6 Å². The zero-order chi connectivity index (χ0) is 20.4. The third-order valence-electron chi connectivity index (χ3n) is 4.45. The number of aromatic amines is 1. The van der Waals surface area contributed by atoms with Crippen LogP contribution >= 0.6 is 11.3 Å². The normalized spacial score (nSPS) is 10.7. The molecule has 0 radical (unpaired) electrons. The highest BCUT2D eigenvalue weighted by Crippen LogP contribution is 2.30. The summed E-state index contributed by atoms with van der Waals surface area (Å²) in [5.41, 5.74) is 2.12. The lowest BCUT2D eigenvalue weighted by Crippen LogP contribution is -2.13. The number of methoxy groups -OCH3 is 1. The second-order valence-electron chi connectivity index (χ2n) is 6.38. The van der Waals surface area contributed by atoms with Gasteiger partial charge in [0.05, 0.1) is 17.4 Å². The lowest BCUT2D eigenvalue weighted by molar-refractivity contribution is 0.102. The molecule has 4 aromatic rings. The quantitative estimate of drug-likeness (QED) is 0.456. The Morgan fingerprint density at radius 3 is 2.52 bits per heavy atom. The predicted octanol–water partition coefficient (Wildman–Crippen LogP) is 4.45. The van der Waals surface area contributed by atoms with E-state index in [-0.39, 0.29) is 11.8 Å². The molecule has 0 atom stereocenters. The number of hydrogen-bond acceptors (Lipinski definition) is 5. The van der Waals surface area contributed by atoms with Crippen molar-refractivity contribution in [2.45, 2.75) is 6.92 Å². The summed E-state index contributed by atoms with van der Waals surface area (Å²) in [7, 11) is 1.59. The molecule has 0 saturated heterocycles. The molecule has 4 rings (SSSR count). The highest BCUT2D eigenvalue weighted by molar-refractivity contribution is 7.20. The van der Waals surface area contributed by atoms with Gasteiger partial charge >= 0.3 is 0 Å². The number of aromatic nitrogens is 2. The van der Waals surface area contributed by atoms with Gasteiger partial charge in [-0.25, -0.2) is 0 Å². The molecule has 2 aromatic carbocycles. The Morgan fingerprint density at radius 1 is 1.03 bits per heavy atom. The topological polar surface area (TPSA) is 96.1 Å². The Bertz CT molecular complexity index is 1190. The van der Waals surface area contributed by atoms with Crippen molar-refractivity contribution in [2.24, 2.45) is 0 Å². The van der Waals surface area contributed by atoms with Crippen LogP contribution in [-0.2, 0) is 0 Å². The molecule has 3 N–H and O–H groups in total. The molecule has 2 aromatic heterocycles. The van der Waals surface area contributed by atoms with Crippen LogP contribution in [0.2, 0.25) is 0 Å². The number of anilines is 2. The molecular formula is C21H18N4O3S. The Kier molecular flexibility index (Phi) is 5.01. The molecule has 7 nitrogen and oxygen atoms in total. The first kappa shape index (κ1) is 18.7. The number of rotatable bonds is 5. The number of nitrogens with one attached hydrogen (secondary N) is 3. The monoisotopic (exact) mass is 406 g/mol. The maximum Gasteiger partial charge on any atom is 0.265 e. The summed E-state index contributed by atoms with van der Waals surface area (Å²) < 4.78 is 5.12. The summed E-state index contributed by atoms with van der Waals surface area (Å²) in [6.07, 6.45) is 0. The summed E-state index contributed by atoms with van der Waals surface area (Å²) in [6, 6.07) is 16.1. The standard InChI is InChI=1S/C21H18N4O3S/c1-12-5-3-4-6-15(12)19(26)23-18-16-11-17(29-21(16)25-24-18)20(27)22-13-7-9-14(28-2)10-8-13/h3-11H,1-2H3,(H,22,27)(H2,23,24,25,26). The number of carbonyl (C=O) groups is 2. The second-order valence-corrected chi connectivity index (χ2v) is 7.43. The van der Waals surface area contributed by atoms with Gasteiger partial charge in [0.25, 0.3) is 11.8 Å². The van der Waals surface area contributed by atoms with Gasteiger partial charge in [0, 0.05) is 11.3 Å². The molecule has 146 valence electrons. The van der Waals surface area contributed by atoms with Crippen LogP contribution in [0.4, 0.5) is 11.5 Å². The van der Waals surface area contributed by atoms with Crippen molar-refractivity contribution in [2.75, 3.05) is 17.7 Å². The van der Waals surface area contributed by atoms with E-state index in [1.807, 2.05) is 25.1 Å². The van der Waals surface area contributed by atoms with Crippen LogP contribution in [0.25, 0.3) is 10.2 Å². The first-order valence-corrected chi connectivity index (χ1v) is 9.67. The van der Waals surface area contributed by atoms with E-state index in [4.69, 9.17) is 4.74 Å². The number of H-pyrrole nitrogens is 1. The van der Waals surface area contributed by atoms with Crippen LogP contribution in [0.15, 0.2) is 54.6 Å². The zero-order valence-corrected chi connectivity index (χ0v) is 16.6. The first-order chi connectivity index (χ1) is 14.0. The van der Waals surface area contributed by atoms with Gasteiger partial charge in [-0.1, -0.05) is 18.2 Å². The molecule has 0 spiro atoms. The molecule has 2 heterocycles. The minimum absolute atomic E-state index is 0.235. The molecule has 0 fully saturated rings. The van der Waals surface area contributed by atoms with Gasteiger partial charge in [-0.05, 0) is 48.9 Å². The number of carbonyl (C=O) groups excluding carboxylic acids is 2. The minimum atomic E-state index is -0.244. The van der Waals surface area contributed by atoms with Gasteiger partial charge in [-0.15, -0.1) is 11.3 Å². The maximum atomic E-state index is 12.6. The molecule has 29 heavy (non-hydrogen) atoms. The summed E-state index contributed by atoms with van der Waals surface area (Å²) in [5.74, 6) is 0.633. The number of ether oxygens (including phenoxy) is 1. The van der Waals surface area contributed by atoms with Crippen molar-refractivity contribution in [3.63, 3.8) is 0 Å². The van der Waals surface area contributed by atoms with E-state index in [9.17, 15) is 9.59 Å². The fourth-order valence-corrected chi connectivity index (χ4v) is 3.79. The van der Waals surface area contributed by atoms with Crippen molar-refractivity contribution in [1.29, 1.82) is 0 Å². The third kappa shape index (κ3) is 3.83. The highest BCUT2D eigenvalue weighted by atomic mass is 32.1. The van der Waals surface area contributed by atoms with Crippen molar-refractivity contribution in [3.05, 3.63) is 70.6 Å². The molecule has 0 bridgehead atoms. The number of benzene rings is 2. The van der Waals surface area contributed by atoms with E-state index >= 15 is 0 Å². The molecule has 2 amide bonds. The number of aryl methyl sites for hydroxylation is 1. The van der Waals surface area contributed by atoms with Gasteiger partial charge in [0.15, 0.2) is 5.82 Å². The summed E-state index contributed by atoms with van der Waals surface area (Å²) in [4.78, 5) is 26.4. The van der Waals surface area contributed by atoms with E-state index in [2.05, 4.69) is 20.8 Å². The third-order valence-corrected chi connectivity index (χ3v) is 5.49. The molecular weight excluding hydrogens is 388 g/mol. The molecule has 0 saturated carbocycles. The van der Waals surface area contributed by atoms with E-state index in [0.29, 0.717) is 37.9 Å². The first-order valence-electron chi connectivity index (χ1n) is 8.85. The van der Waals surface area contributed by atoms with E-state index < -0.39 is 0 Å². The van der Waals surface area contributed by atoms with Crippen molar-refractivity contribution < 1.29 is 14.3 Å².